The maximum atomic E-state index is 12.6. The van der Waals surface area contributed by atoms with Crippen LogP contribution in [0.15, 0.2) is 16.3 Å². The number of amides is 2. The molecule has 11 heteroatoms. The number of aryl methyl sites for hydroxylation is 2. The lowest BCUT2D eigenvalue weighted by Crippen LogP contribution is -2.35. The Morgan fingerprint density at radius 2 is 1.96 bits per heavy atom. The van der Waals surface area contributed by atoms with E-state index in [4.69, 9.17) is 0 Å². The third-order valence-corrected chi connectivity index (χ3v) is 6.60. The fourth-order valence-electron chi connectivity index (χ4n) is 2.54. The van der Waals surface area contributed by atoms with Gasteiger partial charge in [-0.1, -0.05) is 0 Å². The van der Waals surface area contributed by atoms with Crippen LogP contribution < -0.4 is 10.0 Å². The number of rotatable bonds is 5. The van der Waals surface area contributed by atoms with Gasteiger partial charge in [-0.25, -0.2) is 32.7 Å². The van der Waals surface area contributed by atoms with E-state index in [1.807, 2.05) is 10.8 Å². The zero-order valence-corrected chi connectivity index (χ0v) is 16.5. The van der Waals surface area contributed by atoms with Gasteiger partial charge in [-0.2, -0.15) is 0 Å². The molecule has 2 amide bonds. The van der Waals surface area contributed by atoms with Crippen LogP contribution in [0.5, 0.6) is 0 Å². The molecule has 144 valence electrons. The Bertz CT molecular complexity index is 1010. The predicted octanol–water partition coefficient (Wildman–Crippen LogP) is 2.33. The van der Waals surface area contributed by atoms with E-state index in [9.17, 15) is 18.0 Å². The van der Waals surface area contributed by atoms with E-state index in [0.29, 0.717) is 17.2 Å². The Kier molecular flexibility index (Phi) is 5.16. The first kappa shape index (κ1) is 19.2. The summed E-state index contributed by atoms with van der Waals surface area (Å²) in [6.07, 6.45) is 2.06. The summed E-state index contributed by atoms with van der Waals surface area (Å²) in [5.74, 6) is -0.403. The van der Waals surface area contributed by atoms with Crippen molar-refractivity contribution in [3.05, 3.63) is 33.3 Å². The molecule has 27 heavy (non-hydrogen) atoms. The average molecular weight is 410 g/mol. The van der Waals surface area contributed by atoms with E-state index in [-0.39, 0.29) is 15.7 Å². The molecule has 2 N–H and O–H groups in total. The molecule has 1 fully saturated rings. The first-order chi connectivity index (χ1) is 12.7. The summed E-state index contributed by atoms with van der Waals surface area (Å²) in [4.78, 5) is 32.0. The monoisotopic (exact) mass is 410 g/mol. The Balaban J connectivity index is 1.80. The molecule has 3 rings (SSSR count). The second-order valence-corrected chi connectivity index (χ2v) is 8.66. The van der Waals surface area contributed by atoms with Crippen molar-refractivity contribution < 1.29 is 22.7 Å². The lowest BCUT2D eigenvalue weighted by Gasteiger charge is -2.10. The van der Waals surface area contributed by atoms with Gasteiger partial charge >= 0.3 is 12.0 Å². The van der Waals surface area contributed by atoms with Gasteiger partial charge in [0.25, 0.3) is 10.0 Å². The van der Waals surface area contributed by atoms with Gasteiger partial charge in [0.15, 0.2) is 0 Å². The number of hydrogen-bond acceptors (Lipinski definition) is 8. The molecule has 9 nitrogen and oxygen atoms in total. The van der Waals surface area contributed by atoms with Gasteiger partial charge in [-0.3, -0.25) is 5.32 Å². The second kappa shape index (κ2) is 7.24. The third-order valence-electron chi connectivity index (χ3n) is 3.88. The third kappa shape index (κ3) is 4.25. The fourth-order valence-corrected chi connectivity index (χ4v) is 5.15. The highest BCUT2D eigenvalue weighted by molar-refractivity contribution is 7.90. The Labute approximate surface area is 160 Å². The van der Waals surface area contributed by atoms with Crippen LogP contribution in [0.25, 0.3) is 0 Å². The summed E-state index contributed by atoms with van der Waals surface area (Å²) in [6.45, 7) is 3.30. The highest BCUT2D eigenvalue weighted by Crippen LogP contribution is 2.39. The van der Waals surface area contributed by atoms with Crippen LogP contribution in [0.3, 0.4) is 0 Å². The molecule has 0 atom stereocenters. The van der Waals surface area contributed by atoms with E-state index in [2.05, 4.69) is 20.0 Å². The number of nitrogens with zero attached hydrogens (tertiary/aromatic N) is 2. The standard InChI is InChI=1S/C16H18N4O5S2/c1-8-7-26-12(14(21)25-3)13(8)27(23,24)20-16(22)19-15-17-9(2)6-11(18-15)10-4-5-10/h6-7,10H,4-5H2,1-3H3,(H2,17,18,19,20,22). The molecule has 1 saturated carbocycles. The SMILES string of the molecule is COC(=O)c1scc(C)c1S(=O)(=O)NC(=O)Nc1nc(C)cc(C2CC2)n1. The molecular formula is C16H18N4O5S2. The van der Waals surface area contributed by atoms with Crippen LogP contribution in [-0.2, 0) is 14.8 Å². The van der Waals surface area contributed by atoms with Gasteiger partial charge in [-0.15, -0.1) is 11.3 Å². The number of esters is 1. The number of hydrogen-bond donors (Lipinski definition) is 2. The van der Waals surface area contributed by atoms with E-state index < -0.39 is 22.0 Å². The number of nitrogens with one attached hydrogen (secondary N) is 2. The second-order valence-electron chi connectivity index (χ2n) is 6.16. The lowest BCUT2D eigenvalue weighted by molar-refractivity contribution is 0.0602. The number of ether oxygens (including phenoxy) is 1. The zero-order valence-electron chi connectivity index (χ0n) is 14.9. The zero-order chi connectivity index (χ0) is 19.8. The summed E-state index contributed by atoms with van der Waals surface area (Å²) in [7, 11) is -3.13. The van der Waals surface area contributed by atoms with Crippen LogP contribution in [-0.4, -0.2) is 37.5 Å². The number of urea groups is 1. The molecule has 2 aromatic rings. The summed E-state index contributed by atoms with van der Waals surface area (Å²) in [5.41, 5.74) is 1.83. The summed E-state index contributed by atoms with van der Waals surface area (Å²) in [6, 6.07) is 0.832. The minimum absolute atomic E-state index is 0.0276. The number of methoxy groups -OCH3 is 1. The minimum atomic E-state index is -4.28. The van der Waals surface area contributed by atoms with E-state index in [1.165, 1.54) is 12.3 Å². The van der Waals surface area contributed by atoms with Crippen LogP contribution in [0.1, 0.15) is 45.4 Å². The summed E-state index contributed by atoms with van der Waals surface area (Å²) in [5, 5.41) is 3.85. The highest BCUT2D eigenvalue weighted by atomic mass is 32.2. The van der Waals surface area contributed by atoms with Crippen molar-refractivity contribution in [3.8, 4) is 0 Å². The molecule has 2 aromatic heterocycles. The quantitative estimate of drug-likeness (QED) is 0.724. The first-order valence-electron chi connectivity index (χ1n) is 8.07. The van der Waals surface area contributed by atoms with Crippen molar-refractivity contribution in [2.75, 3.05) is 12.4 Å². The largest absolute Gasteiger partial charge is 0.465 e. The van der Waals surface area contributed by atoms with Crippen LogP contribution in [0.4, 0.5) is 10.7 Å². The molecule has 0 unspecified atom stereocenters. The van der Waals surface area contributed by atoms with Crippen LogP contribution >= 0.6 is 11.3 Å². The van der Waals surface area contributed by atoms with Crippen LogP contribution in [0, 0.1) is 13.8 Å². The molecule has 0 aliphatic heterocycles. The van der Waals surface area contributed by atoms with E-state index >= 15 is 0 Å². The number of anilines is 1. The van der Waals surface area contributed by atoms with Crippen molar-refractivity contribution in [3.63, 3.8) is 0 Å². The van der Waals surface area contributed by atoms with Gasteiger partial charge in [0.05, 0.1) is 7.11 Å². The maximum Gasteiger partial charge on any atom is 0.349 e. The predicted molar refractivity (Wildman–Crippen MR) is 98.5 cm³/mol. The molecule has 0 spiro atoms. The number of carbonyl (C=O) groups excluding carboxylic acids is 2. The number of sulfonamides is 1. The molecule has 1 aliphatic carbocycles. The molecule has 0 radical (unpaired) electrons. The molecular weight excluding hydrogens is 392 g/mol. The Morgan fingerprint density at radius 1 is 1.26 bits per heavy atom. The van der Waals surface area contributed by atoms with Crippen LogP contribution in [0.2, 0.25) is 0 Å². The van der Waals surface area contributed by atoms with E-state index in [0.717, 1.165) is 37.0 Å². The Hall–Kier alpha value is -2.53. The summed E-state index contributed by atoms with van der Waals surface area (Å²) >= 11 is 0.931. The topological polar surface area (TPSA) is 127 Å². The van der Waals surface area contributed by atoms with Crippen molar-refractivity contribution in [1.29, 1.82) is 0 Å². The normalized spacial score (nSPS) is 13.9. The average Bonchev–Trinajstić information content (AvgIpc) is 3.34. The highest BCUT2D eigenvalue weighted by Gasteiger charge is 2.30. The first-order valence-corrected chi connectivity index (χ1v) is 10.4. The van der Waals surface area contributed by atoms with Gasteiger partial charge in [-0.05, 0) is 43.7 Å². The smallest absolute Gasteiger partial charge is 0.349 e. The molecule has 2 heterocycles. The number of thiophene rings is 1. The fraction of sp³-hybridized carbons (Fsp3) is 0.375. The summed E-state index contributed by atoms with van der Waals surface area (Å²) < 4.78 is 31.7. The van der Waals surface area contributed by atoms with Crippen molar-refractivity contribution in [2.24, 2.45) is 0 Å². The lowest BCUT2D eigenvalue weighted by atomic mass is 10.2. The van der Waals surface area contributed by atoms with E-state index in [1.54, 1.807) is 6.92 Å². The minimum Gasteiger partial charge on any atom is -0.465 e. The number of aromatic nitrogens is 2. The van der Waals surface area contributed by atoms with Gasteiger partial charge in [0, 0.05) is 17.3 Å². The molecule has 0 bridgehead atoms. The molecule has 0 saturated heterocycles. The van der Waals surface area contributed by atoms with Gasteiger partial charge in [0.1, 0.15) is 9.77 Å². The van der Waals surface area contributed by atoms with Crippen molar-refractivity contribution in [2.45, 2.75) is 37.5 Å². The number of carbonyl (C=O) groups is 2. The van der Waals surface area contributed by atoms with Gasteiger partial charge in [0.2, 0.25) is 5.95 Å². The van der Waals surface area contributed by atoms with Gasteiger partial charge < -0.3 is 4.74 Å². The van der Waals surface area contributed by atoms with Crippen molar-refractivity contribution in [1.82, 2.24) is 14.7 Å². The molecule has 0 aromatic carbocycles. The Morgan fingerprint density at radius 3 is 2.59 bits per heavy atom. The van der Waals surface area contributed by atoms with Crippen molar-refractivity contribution >= 4 is 39.3 Å². The maximum absolute atomic E-state index is 12.6. The molecule has 1 aliphatic rings.